The maximum atomic E-state index is 13.4. The molecule has 2 N–H and O–H groups in total. The van der Waals surface area contributed by atoms with E-state index >= 15 is 0 Å². The molecule has 0 radical (unpaired) electrons. The van der Waals surface area contributed by atoms with Crippen LogP contribution in [0.15, 0.2) is 88.9 Å². The molecule has 0 atom stereocenters. The summed E-state index contributed by atoms with van der Waals surface area (Å²) in [6, 6.07) is 20.5. The number of amides is 2. The van der Waals surface area contributed by atoms with Gasteiger partial charge < -0.3 is 5.32 Å². The Bertz CT molecular complexity index is 1380. The van der Waals surface area contributed by atoms with E-state index in [9.17, 15) is 28.1 Å². The summed E-state index contributed by atoms with van der Waals surface area (Å²) in [5.74, 6) is -0.948. The van der Waals surface area contributed by atoms with Gasteiger partial charge in [0.25, 0.3) is 11.6 Å². The number of carbonyl (C=O) groups excluding carboxylic acids is 2. The number of hydrazone groups is 1. The first-order chi connectivity index (χ1) is 17.6. The molecule has 0 aromatic heterocycles. The lowest BCUT2D eigenvalue weighted by Gasteiger charge is -2.21. The van der Waals surface area contributed by atoms with E-state index < -0.39 is 27.4 Å². The topological polar surface area (TPSA) is 151 Å². The molecule has 0 saturated carbocycles. The summed E-state index contributed by atoms with van der Waals surface area (Å²) in [7, 11) is -4.06. The van der Waals surface area contributed by atoms with Crippen molar-refractivity contribution >= 4 is 39.4 Å². The number of hydrogen-bond acceptors (Lipinski definition) is 7. The molecule has 0 saturated heterocycles. The van der Waals surface area contributed by atoms with E-state index in [-0.39, 0.29) is 23.0 Å². The zero-order valence-corrected chi connectivity index (χ0v) is 20.7. The molecule has 0 aliphatic carbocycles. The number of nitrogens with zero attached hydrogens (tertiary/aromatic N) is 3. The van der Waals surface area contributed by atoms with E-state index in [4.69, 9.17) is 0 Å². The van der Waals surface area contributed by atoms with Gasteiger partial charge in [0.15, 0.2) is 0 Å². The minimum Gasteiger partial charge on any atom is -0.326 e. The van der Waals surface area contributed by atoms with Crippen molar-refractivity contribution < 1.29 is 22.9 Å². The fraction of sp³-hybridized carbons (Fsp3) is 0.160. The van der Waals surface area contributed by atoms with E-state index in [1.807, 2.05) is 30.3 Å². The van der Waals surface area contributed by atoms with Crippen LogP contribution in [-0.4, -0.2) is 48.8 Å². The maximum Gasteiger partial charge on any atom is 0.269 e. The van der Waals surface area contributed by atoms with Crippen LogP contribution in [0.4, 0.5) is 11.4 Å². The van der Waals surface area contributed by atoms with Crippen molar-refractivity contribution in [3.05, 3.63) is 100 Å². The first kappa shape index (κ1) is 27.2. The molecule has 0 unspecified atom stereocenters. The zero-order chi connectivity index (χ0) is 26.8. The summed E-state index contributed by atoms with van der Waals surface area (Å²) in [5.41, 5.74) is 4.08. The Kier molecular flexibility index (Phi) is 9.19. The average Bonchev–Trinajstić information content (AvgIpc) is 2.87. The van der Waals surface area contributed by atoms with Crippen LogP contribution in [0.25, 0.3) is 0 Å². The predicted octanol–water partition coefficient (Wildman–Crippen LogP) is 2.94. The number of nitrogens with one attached hydrogen (secondary N) is 2. The SMILES string of the molecule is CC(=O)Nc1ccc(S(=O)(=O)N(CCc2ccccc2)CC(=O)N/N=C\c2ccc([N+](=O)[O-])cc2)cc1. The van der Waals surface area contributed by atoms with E-state index in [0.717, 1.165) is 9.87 Å². The Morgan fingerprint density at radius 2 is 1.65 bits per heavy atom. The normalized spacial score (nSPS) is 11.4. The zero-order valence-electron chi connectivity index (χ0n) is 19.9. The first-order valence-corrected chi connectivity index (χ1v) is 12.6. The van der Waals surface area contributed by atoms with E-state index in [2.05, 4.69) is 15.8 Å². The van der Waals surface area contributed by atoms with Crippen molar-refractivity contribution in [2.45, 2.75) is 18.2 Å². The second-order valence-electron chi connectivity index (χ2n) is 7.92. The van der Waals surface area contributed by atoms with Crippen LogP contribution in [0.3, 0.4) is 0 Å². The van der Waals surface area contributed by atoms with Crippen molar-refractivity contribution in [1.29, 1.82) is 0 Å². The molecule has 0 spiro atoms. The molecule has 3 rings (SSSR count). The Hall–Kier alpha value is -4.42. The van der Waals surface area contributed by atoms with E-state index in [1.165, 1.54) is 61.7 Å². The lowest BCUT2D eigenvalue weighted by molar-refractivity contribution is -0.384. The lowest BCUT2D eigenvalue weighted by atomic mass is 10.1. The summed E-state index contributed by atoms with van der Waals surface area (Å²) in [4.78, 5) is 34.0. The summed E-state index contributed by atoms with van der Waals surface area (Å²) in [5, 5.41) is 17.2. The van der Waals surface area contributed by atoms with Gasteiger partial charge in [0, 0.05) is 31.3 Å². The number of hydrogen-bond donors (Lipinski definition) is 2. The Morgan fingerprint density at radius 1 is 1.00 bits per heavy atom. The third-order valence-corrected chi connectivity index (χ3v) is 6.99. The number of non-ortho nitro benzene ring substituents is 1. The standard InChI is InChI=1S/C25H25N5O6S/c1-19(31)27-22-9-13-24(14-10-22)37(35,36)29(16-15-20-5-3-2-4-6-20)18-25(32)28-26-17-21-7-11-23(12-8-21)30(33)34/h2-14,17H,15-16,18H2,1H3,(H,27,31)(H,28,32)/b26-17-. The molecule has 0 aliphatic rings. The third kappa shape index (κ3) is 8.05. The molecule has 3 aromatic carbocycles. The number of benzene rings is 3. The van der Waals surface area contributed by atoms with Crippen LogP contribution in [0.1, 0.15) is 18.1 Å². The fourth-order valence-corrected chi connectivity index (χ4v) is 4.70. The smallest absolute Gasteiger partial charge is 0.269 e. The number of rotatable bonds is 11. The molecular weight excluding hydrogens is 498 g/mol. The van der Waals surface area contributed by atoms with Crippen LogP contribution >= 0.6 is 0 Å². The van der Waals surface area contributed by atoms with Crippen LogP contribution in [0.5, 0.6) is 0 Å². The molecule has 3 aromatic rings. The summed E-state index contributed by atoms with van der Waals surface area (Å²) in [6.45, 7) is 0.901. The van der Waals surface area contributed by atoms with Crippen molar-refractivity contribution in [3.63, 3.8) is 0 Å². The number of carbonyl (C=O) groups is 2. The minimum atomic E-state index is -4.06. The highest BCUT2D eigenvalue weighted by molar-refractivity contribution is 7.89. The Balaban J connectivity index is 1.73. The molecule has 0 fully saturated rings. The minimum absolute atomic E-state index is 0.0307. The maximum absolute atomic E-state index is 13.4. The van der Waals surface area contributed by atoms with Crippen LogP contribution < -0.4 is 10.7 Å². The molecule has 12 heteroatoms. The largest absolute Gasteiger partial charge is 0.326 e. The summed E-state index contributed by atoms with van der Waals surface area (Å²) in [6.07, 6.45) is 1.68. The summed E-state index contributed by atoms with van der Waals surface area (Å²) >= 11 is 0. The van der Waals surface area contributed by atoms with Crippen molar-refractivity contribution in [3.8, 4) is 0 Å². The second kappa shape index (κ2) is 12.5. The number of sulfonamides is 1. The Labute approximate surface area is 214 Å². The van der Waals surface area contributed by atoms with Crippen molar-refractivity contribution in [2.24, 2.45) is 5.10 Å². The van der Waals surface area contributed by atoms with Crippen LogP contribution in [0, 0.1) is 10.1 Å². The van der Waals surface area contributed by atoms with Gasteiger partial charge in [-0.3, -0.25) is 19.7 Å². The van der Waals surface area contributed by atoms with Crippen molar-refractivity contribution in [1.82, 2.24) is 9.73 Å². The van der Waals surface area contributed by atoms with Gasteiger partial charge in [0.05, 0.1) is 22.6 Å². The van der Waals surface area contributed by atoms with Gasteiger partial charge in [-0.2, -0.15) is 9.41 Å². The molecule has 37 heavy (non-hydrogen) atoms. The van der Waals surface area contributed by atoms with Gasteiger partial charge in [0.2, 0.25) is 15.9 Å². The number of anilines is 1. The molecule has 0 heterocycles. The molecule has 0 bridgehead atoms. The highest BCUT2D eigenvalue weighted by Gasteiger charge is 2.26. The van der Waals surface area contributed by atoms with Gasteiger partial charge in [-0.15, -0.1) is 0 Å². The molecule has 2 amide bonds. The predicted molar refractivity (Wildman–Crippen MR) is 138 cm³/mol. The van der Waals surface area contributed by atoms with Gasteiger partial charge in [0.1, 0.15) is 0 Å². The quantitative estimate of drug-likeness (QED) is 0.224. The molecule has 11 nitrogen and oxygen atoms in total. The van der Waals surface area contributed by atoms with Crippen LogP contribution in [0.2, 0.25) is 0 Å². The number of nitro groups is 1. The Morgan fingerprint density at radius 3 is 2.24 bits per heavy atom. The van der Waals surface area contributed by atoms with E-state index in [1.54, 1.807) is 0 Å². The molecule has 0 aliphatic heterocycles. The van der Waals surface area contributed by atoms with Crippen molar-refractivity contribution in [2.75, 3.05) is 18.4 Å². The van der Waals surface area contributed by atoms with Gasteiger partial charge >= 0.3 is 0 Å². The van der Waals surface area contributed by atoms with Crippen LogP contribution in [-0.2, 0) is 26.0 Å². The van der Waals surface area contributed by atoms with E-state index in [0.29, 0.717) is 17.7 Å². The lowest BCUT2D eigenvalue weighted by Crippen LogP contribution is -2.40. The molecular formula is C25H25N5O6S. The third-order valence-electron chi connectivity index (χ3n) is 5.13. The first-order valence-electron chi connectivity index (χ1n) is 11.1. The summed E-state index contributed by atoms with van der Waals surface area (Å²) < 4.78 is 27.8. The highest BCUT2D eigenvalue weighted by atomic mass is 32.2. The molecule has 192 valence electrons. The average molecular weight is 524 g/mol. The van der Waals surface area contributed by atoms with Gasteiger partial charge in [-0.1, -0.05) is 30.3 Å². The second-order valence-corrected chi connectivity index (χ2v) is 9.86. The highest BCUT2D eigenvalue weighted by Crippen LogP contribution is 2.19. The van der Waals surface area contributed by atoms with Gasteiger partial charge in [-0.05, 0) is 53.9 Å². The monoisotopic (exact) mass is 523 g/mol. The fourth-order valence-electron chi connectivity index (χ4n) is 3.30. The van der Waals surface area contributed by atoms with Gasteiger partial charge in [-0.25, -0.2) is 13.8 Å². The number of nitro benzene ring substituents is 1.